The number of anilines is 1. The molecular formula is C10H14N4O. The maximum atomic E-state index is 11.4. The molecule has 1 amide bonds. The average molecular weight is 206 g/mol. The van der Waals surface area contributed by atoms with Crippen molar-refractivity contribution in [1.82, 2.24) is 15.3 Å². The van der Waals surface area contributed by atoms with E-state index in [1.165, 1.54) is 0 Å². The molecule has 0 saturated carbocycles. The van der Waals surface area contributed by atoms with Crippen LogP contribution in [0.3, 0.4) is 0 Å². The van der Waals surface area contributed by atoms with Gasteiger partial charge in [-0.3, -0.25) is 4.79 Å². The van der Waals surface area contributed by atoms with Crippen LogP contribution >= 0.6 is 0 Å². The van der Waals surface area contributed by atoms with Crippen LogP contribution in [0.2, 0.25) is 0 Å². The summed E-state index contributed by atoms with van der Waals surface area (Å²) in [4.78, 5) is 21.8. The van der Waals surface area contributed by atoms with Gasteiger partial charge in [-0.05, 0) is 12.5 Å². The first-order valence-corrected chi connectivity index (χ1v) is 5.05. The van der Waals surface area contributed by atoms with Crippen molar-refractivity contribution in [3.63, 3.8) is 0 Å². The lowest BCUT2D eigenvalue weighted by Gasteiger charge is -2.15. The summed E-state index contributed by atoms with van der Waals surface area (Å²) in [7, 11) is 1.67. The minimum atomic E-state index is 0.0683. The summed E-state index contributed by atoms with van der Waals surface area (Å²) in [6.45, 7) is 1.56. The molecular weight excluding hydrogens is 192 g/mol. The van der Waals surface area contributed by atoms with E-state index in [1.54, 1.807) is 25.5 Å². The summed E-state index contributed by atoms with van der Waals surface area (Å²) in [5, 5.41) is 2.67. The highest BCUT2D eigenvalue weighted by Gasteiger charge is 2.28. The molecule has 5 heteroatoms. The molecule has 1 saturated heterocycles. The number of carbonyl (C=O) groups is 1. The van der Waals surface area contributed by atoms with Crippen molar-refractivity contribution in [2.75, 3.05) is 25.0 Å². The first-order chi connectivity index (χ1) is 7.31. The normalized spacial score (nSPS) is 20.3. The topological polar surface area (TPSA) is 58.1 Å². The number of amides is 1. The smallest absolute Gasteiger partial charge is 0.225 e. The second-order valence-electron chi connectivity index (χ2n) is 3.59. The zero-order valence-corrected chi connectivity index (χ0v) is 8.68. The monoisotopic (exact) mass is 206 g/mol. The highest BCUT2D eigenvalue weighted by atomic mass is 16.1. The Morgan fingerprint density at radius 2 is 2.27 bits per heavy atom. The van der Waals surface area contributed by atoms with Crippen LogP contribution in [-0.2, 0) is 4.79 Å². The summed E-state index contributed by atoms with van der Waals surface area (Å²) in [5.74, 6) is 0.885. The summed E-state index contributed by atoms with van der Waals surface area (Å²) < 4.78 is 0. The van der Waals surface area contributed by atoms with Crippen LogP contribution in [-0.4, -0.2) is 36.0 Å². The third-order valence-electron chi connectivity index (χ3n) is 2.64. The maximum absolute atomic E-state index is 11.4. The van der Waals surface area contributed by atoms with Crippen LogP contribution in [0.4, 0.5) is 5.95 Å². The summed E-state index contributed by atoms with van der Waals surface area (Å²) in [5.41, 5.74) is 0. The van der Waals surface area contributed by atoms with Crippen LogP contribution in [0.5, 0.6) is 0 Å². The molecule has 15 heavy (non-hydrogen) atoms. The van der Waals surface area contributed by atoms with Crippen LogP contribution in [0, 0.1) is 5.92 Å². The molecule has 0 unspecified atom stereocenters. The highest BCUT2D eigenvalue weighted by molar-refractivity contribution is 5.79. The number of carbonyl (C=O) groups excluding carboxylic acids is 1. The van der Waals surface area contributed by atoms with E-state index in [0.29, 0.717) is 12.5 Å². The predicted molar refractivity (Wildman–Crippen MR) is 56.4 cm³/mol. The Labute approximate surface area is 88.5 Å². The number of rotatable bonds is 2. The Kier molecular flexibility index (Phi) is 2.80. The lowest BCUT2D eigenvalue weighted by molar-refractivity contribution is -0.123. The Balaban J connectivity index is 2.02. The van der Waals surface area contributed by atoms with Crippen molar-refractivity contribution in [1.29, 1.82) is 0 Å². The zero-order valence-electron chi connectivity index (χ0n) is 8.68. The third-order valence-corrected chi connectivity index (χ3v) is 2.64. The van der Waals surface area contributed by atoms with Gasteiger partial charge in [-0.2, -0.15) is 0 Å². The van der Waals surface area contributed by atoms with Crippen LogP contribution in [0.25, 0.3) is 0 Å². The SMILES string of the molecule is CNC(=O)[C@@H]1CCN(c2ncccn2)C1. The van der Waals surface area contributed by atoms with Crippen LogP contribution in [0.15, 0.2) is 18.5 Å². The van der Waals surface area contributed by atoms with Gasteiger partial charge < -0.3 is 10.2 Å². The number of hydrogen-bond donors (Lipinski definition) is 1. The summed E-state index contributed by atoms with van der Waals surface area (Å²) >= 11 is 0. The standard InChI is InChI=1S/C10H14N4O/c1-11-9(15)8-3-6-14(7-8)10-12-4-2-5-13-10/h2,4-5,8H,3,6-7H2,1H3,(H,11,15)/t8-/m1/s1. The zero-order chi connectivity index (χ0) is 10.7. The first kappa shape index (κ1) is 9.89. The van der Waals surface area contributed by atoms with Gasteiger partial charge in [0.1, 0.15) is 0 Å². The molecule has 5 nitrogen and oxygen atoms in total. The van der Waals surface area contributed by atoms with E-state index in [4.69, 9.17) is 0 Å². The molecule has 1 aromatic heterocycles. The van der Waals surface area contributed by atoms with Crippen LogP contribution in [0.1, 0.15) is 6.42 Å². The van der Waals surface area contributed by atoms with Crippen molar-refractivity contribution in [2.45, 2.75) is 6.42 Å². The van der Waals surface area contributed by atoms with Crippen molar-refractivity contribution < 1.29 is 4.79 Å². The predicted octanol–water partition coefficient (Wildman–Crippen LogP) is 0.0489. The molecule has 1 atom stereocenters. The van der Waals surface area contributed by atoms with Gasteiger partial charge in [-0.25, -0.2) is 9.97 Å². The van der Waals surface area contributed by atoms with E-state index >= 15 is 0 Å². The molecule has 1 aliphatic heterocycles. The Bertz CT molecular complexity index is 341. The van der Waals surface area contributed by atoms with Gasteiger partial charge in [0.05, 0.1) is 5.92 Å². The van der Waals surface area contributed by atoms with Gasteiger partial charge in [0.15, 0.2) is 0 Å². The molecule has 0 aliphatic carbocycles. The number of nitrogens with zero attached hydrogens (tertiary/aromatic N) is 3. The van der Waals surface area contributed by atoms with E-state index < -0.39 is 0 Å². The van der Waals surface area contributed by atoms with Crippen LogP contribution < -0.4 is 10.2 Å². The lowest BCUT2D eigenvalue weighted by Crippen LogP contribution is -2.30. The molecule has 0 bridgehead atoms. The summed E-state index contributed by atoms with van der Waals surface area (Å²) in [6, 6.07) is 1.79. The maximum Gasteiger partial charge on any atom is 0.225 e. The summed E-state index contributed by atoms with van der Waals surface area (Å²) in [6.07, 6.45) is 4.31. The highest BCUT2D eigenvalue weighted by Crippen LogP contribution is 2.19. The van der Waals surface area contributed by atoms with E-state index in [2.05, 4.69) is 15.3 Å². The van der Waals surface area contributed by atoms with Gasteiger partial charge in [0.25, 0.3) is 0 Å². The minimum Gasteiger partial charge on any atom is -0.359 e. The van der Waals surface area contributed by atoms with E-state index in [1.807, 2.05) is 4.90 Å². The molecule has 0 spiro atoms. The molecule has 2 rings (SSSR count). The van der Waals surface area contributed by atoms with Gasteiger partial charge in [-0.1, -0.05) is 0 Å². The Morgan fingerprint density at radius 1 is 1.53 bits per heavy atom. The molecule has 1 aromatic rings. The Hall–Kier alpha value is -1.65. The number of aromatic nitrogens is 2. The van der Waals surface area contributed by atoms with E-state index in [9.17, 15) is 4.79 Å². The number of hydrogen-bond acceptors (Lipinski definition) is 4. The van der Waals surface area contributed by atoms with Crippen molar-refractivity contribution >= 4 is 11.9 Å². The largest absolute Gasteiger partial charge is 0.359 e. The molecule has 80 valence electrons. The van der Waals surface area contributed by atoms with Gasteiger partial charge in [0.2, 0.25) is 11.9 Å². The lowest BCUT2D eigenvalue weighted by atomic mass is 10.1. The van der Waals surface area contributed by atoms with E-state index in [0.717, 1.165) is 13.0 Å². The fraction of sp³-hybridized carbons (Fsp3) is 0.500. The quantitative estimate of drug-likeness (QED) is 0.742. The van der Waals surface area contributed by atoms with Gasteiger partial charge in [-0.15, -0.1) is 0 Å². The van der Waals surface area contributed by atoms with Gasteiger partial charge in [0, 0.05) is 32.5 Å². The van der Waals surface area contributed by atoms with Crippen molar-refractivity contribution in [3.8, 4) is 0 Å². The fourth-order valence-electron chi connectivity index (χ4n) is 1.81. The third kappa shape index (κ3) is 2.06. The molecule has 1 N–H and O–H groups in total. The minimum absolute atomic E-state index is 0.0683. The Morgan fingerprint density at radius 3 is 2.93 bits per heavy atom. The van der Waals surface area contributed by atoms with Crippen molar-refractivity contribution in [2.24, 2.45) is 5.92 Å². The average Bonchev–Trinajstić information content (AvgIpc) is 2.78. The molecule has 0 radical (unpaired) electrons. The molecule has 1 aliphatic rings. The molecule has 2 heterocycles. The van der Waals surface area contributed by atoms with Gasteiger partial charge >= 0.3 is 0 Å². The van der Waals surface area contributed by atoms with E-state index in [-0.39, 0.29) is 11.8 Å². The van der Waals surface area contributed by atoms with Crippen molar-refractivity contribution in [3.05, 3.63) is 18.5 Å². The second-order valence-corrected chi connectivity index (χ2v) is 3.59. The molecule has 0 aromatic carbocycles. The molecule has 1 fully saturated rings. The number of nitrogens with one attached hydrogen (secondary N) is 1. The first-order valence-electron chi connectivity index (χ1n) is 5.05. The second kappa shape index (κ2) is 4.25. The fourth-order valence-corrected chi connectivity index (χ4v) is 1.81.